The van der Waals surface area contributed by atoms with Crippen molar-refractivity contribution in [3.05, 3.63) is 24.2 Å². The number of aliphatic hydroxyl groups is 1. The van der Waals surface area contributed by atoms with Gasteiger partial charge in [0.15, 0.2) is 6.29 Å². The number of rotatable bonds is 3. The van der Waals surface area contributed by atoms with Crippen molar-refractivity contribution in [1.29, 1.82) is 0 Å². The second-order valence-corrected chi connectivity index (χ2v) is 2.98. The first-order valence-electron chi connectivity index (χ1n) is 4.29. The molecule has 2 rings (SSSR count). The van der Waals surface area contributed by atoms with Crippen LogP contribution in [0.25, 0.3) is 0 Å². The molecule has 2 heterocycles. The topological polar surface area (TPSA) is 51.8 Å². The van der Waals surface area contributed by atoms with Crippen LogP contribution in [0, 0.1) is 0 Å². The summed E-state index contributed by atoms with van der Waals surface area (Å²) < 4.78 is 15.3. The lowest BCUT2D eigenvalue weighted by Crippen LogP contribution is -2.12. The van der Waals surface area contributed by atoms with Gasteiger partial charge in [0.05, 0.1) is 31.8 Å². The quantitative estimate of drug-likeness (QED) is 0.763. The molecule has 0 saturated carbocycles. The highest BCUT2D eigenvalue weighted by molar-refractivity contribution is 5.08. The molecular formula is C9H12O4. The molecule has 4 heteroatoms. The molecular weight excluding hydrogens is 172 g/mol. The van der Waals surface area contributed by atoms with E-state index in [1.54, 1.807) is 6.07 Å². The standard InChI is InChI=1S/C9H12O4/c10-8(7-1-2-11-6-7)5-9-12-3-4-13-9/h1-2,6,8-10H,3-5H2. The highest BCUT2D eigenvalue weighted by Gasteiger charge is 2.21. The lowest BCUT2D eigenvalue weighted by molar-refractivity contribution is -0.0708. The van der Waals surface area contributed by atoms with Crippen LogP contribution in [0.2, 0.25) is 0 Å². The molecule has 1 N–H and O–H groups in total. The van der Waals surface area contributed by atoms with Crippen LogP contribution >= 0.6 is 0 Å². The van der Waals surface area contributed by atoms with Gasteiger partial charge in [0.1, 0.15) is 0 Å². The second kappa shape index (κ2) is 3.91. The molecule has 0 amide bonds. The summed E-state index contributed by atoms with van der Waals surface area (Å²) >= 11 is 0. The molecule has 1 atom stereocenters. The van der Waals surface area contributed by atoms with Crippen molar-refractivity contribution in [3.8, 4) is 0 Å². The predicted molar refractivity (Wildman–Crippen MR) is 44.0 cm³/mol. The lowest BCUT2D eigenvalue weighted by Gasteiger charge is -2.12. The fourth-order valence-corrected chi connectivity index (χ4v) is 1.33. The molecule has 1 aliphatic rings. The summed E-state index contributed by atoms with van der Waals surface area (Å²) in [5, 5.41) is 9.65. The lowest BCUT2D eigenvalue weighted by atomic mass is 10.1. The Morgan fingerprint density at radius 3 is 2.85 bits per heavy atom. The average molecular weight is 184 g/mol. The zero-order chi connectivity index (χ0) is 9.10. The summed E-state index contributed by atoms with van der Waals surface area (Å²) in [6, 6.07) is 1.74. The number of aliphatic hydroxyl groups excluding tert-OH is 1. The molecule has 1 saturated heterocycles. The van der Waals surface area contributed by atoms with E-state index in [1.807, 2.05) is 0 Å². The van der Waals surface area contributed by atoms with Gasteiger partial charge in [0.2, 0.25) is 0 Å². The van der Waals surface area contributed by atoms with Gasteiger partial charge in [-0.05, 0) is 6.07 Å². The molecule has 0 radical (unpaired) electrons. The van der Waals surface area contributed by atoms with E-state index in [0.717, 1.165) is 5.56 Å². The first-order valence-corrected chi connectivity index (χ1v) is 4.29. The average Bonchev–Trinajstić information content (AvgIpc) is 2.74. The highest BCUT2D eigenvalue weighted by atomic mass is 16.7. The molecule has 1 fully saturated rings. The minimum Gasteiger partial charge on any atom is -0.472 e. The third-order valence-corrected chi connectivity index (χ3v) is 2.03. The predicted octanol–water partition coefficient (Wildman–Crippen LogP) is 1.08. The van der Waals surface area contributed by atoms with Crippen molar-refractivity contribution in [2.24, 2.45) is 0 Å². The highest BCUT2D eigenvalue weighted by Crippen LogP contribution is 2.22. The fraction of sp³-hybridized carbons (Fsp3) is 0.556. The zero-order valence-electron chi connectivity index (χ0n) is 7.18. The van der Waals surface area contributed by atoms with Crippen LogP contribution in [0.5, 0.6) is 0 Å². The smallest absolute Gasteiger partial charge is 0.160 e. The van der Waals surface area contributed by atoms with Gasteiger partial charge >= 0.3 is 0 Å². The van der Waals surface area contributed by atoms with E-state index in [-0.39, 0.29) is 6.29 Å². The minimum absolute atomic E-state index is 0.273. The van der Waals surface area contributed by atoms with Gasteiger partial charge in [-0.25, -0.2) is 0 Å². The Kier molecular flexibility index (Phi) is 2.63. The van der Waals surface area contributed by atoms with Gasteiger partial charge in [-0.3, -0.25) is 0 Å². The van der Waals surface area contributed by atoms with Gasteiger partial charge in [0.25, 0.3) is 0 Å². The van der Waals surface area contributed by atoms with Crippen molar-refractivity contribution < 1.29 is 19.0 Å². The van der Waals surface area contributed by atoms with Gasteiger partial charge in [-0.1, -0.05) is 0 Å². The second-order valence-electron chi connectivity index (χ2n) is 2.98. The van der Waals surface area contributed by atoms with Crippen LogP contribution in [0.3, 0.4) is 0 Å². The minimum atomic E-state index is -0.568. The van der Waals surface area contributed by atoms with E-state index >= 15 is 0 Å². The molecule has 1 aliphatic heterocycles. The van der Waals surface area contributed by atoms with E-state index in [9.17, 15) is 5.11 Å². The van der Waals surface area contributed by atoms with Crippen molar-refractivity contribution in [2.75, 3.05) is 13.2 Å². The maximum absolute atomic E-state index is 9.65. The van der Waals surface area contributed by atoms with E-state index in [4.69, 9.17) is 13.9 Å². The summed E-state index contributed by atoms with van der Waals surface area (Å²) in [6.07, 6.45) is 2.68. The first kappa shape index (κ1) is 8.74. The molecule has 72 valence electrons. The Hall–Kier alpha value is -0.840. The molecule has 13 heavy (non-hydrogen) atoms. The molecule has 0 aliphatic carbocycles. The van der Waals surface area contributed by atoms with E-state index in [1.165, 1.54) is 12.5 Å². The number of hydrogen-bond donors (Lipinski definition) is 1. The molecule has 4 nitrogen and oxygen atoms in total. The van der Waals surface area contributed by atoms with E-state index < -0.39 is 6.10 Å². The van der Waals surface area contributed by atoms with E-state index in [2.05, 4.69) is 0 Å². The van der Waals surface area contributed by atoms with Crippen LogP contribution in [0.4, 0.5) is 0 Å². The van der Waals surface area contributed by atoms with Crippen molar-refractivity contribution >= 4 is 0 Å². The Balaban J connectivity index is 1.87. The van der Waals surface area contributed by atoms with Gasteiger partial charge in [-0.15, -0.1) is 0 Å². The Labute approximate surface area is 76.1 Å². The normalized spacial score (nSPS) is 20.7. The molecule has 1 aromatic rings. The summed E-state index contributed by atoms with van der Waals surface area (Å²) in [4.78, 5) is 0. The largest absolute Gasteiger partial charge is 0.472 e. The molecule has 0 spiro atoms. The molecule has 1 aromatic heterocycles. The van der Waals surface area contributed by atoms with Gasteiger partial charge in [-0.2, -0.15) is 0 Å². The first-order chi connectivity index (χ1) is 6.36. The van der Waals surface area contributed by atoms with Crippen molar-refractivity contribution in [1.82, 2.24) is 0 Å². The third kappa shape index (κ3) is 2.09. The summed E-state index contributed by atoms with van der Waals surface area (Å²) in [5.41, 5.74) is 0.763. The van der Waals surface area contributed by atoms with Crippen LogP contribution in [-0.2, 0) is 9.47 Å². The summed E-state index contributed by atoms with van der Waals surface area (Å²) in [6.45, 7) is 1.23. The maximum Gasteiger partial charge on any atom is 0.160 e. The number of hydrogen-bond acceptors (Lipinski definition) is 4. The Morgan fingerprint density at radius 1 is 1.46 bits per heavy atom. The summed E-state index contributed by atoms with van der Waals surface area (Å²) in [7, 11) is 0. The zero-order valence-corrected chi connectivity index (χ0v) is 7.18. The number of furan rings is 1. The van der Waals surface area contributed by atoms with Crippen molar-refractivity contribution in [2.45, 2.75) is 18.8 Å². The Bertz CT molecular complexity index is 238. The Morgan fingerprint density at radius 2 is 2.23 bits per heavy atom. The molecule has 0 aromatic carbocycles. The van der Waals surface area contributed by atoms with E-state index in [0.29, 0.717) is 19.6 Å². The van der Waals surface area contributed by atoms with Crippen LogP contribution in [0.15, 0.2) is 23.0 Å². The number of ether oxygens (including phenoxy) is 2. The fourth-order valence-electron chi connectivity index (χ4n) is 1.33. The van der Waals surface area contributed by atoms with Crippen LogP contribution in [-0.4, -0.2) is 24.6 Å². The molecule has 0 bridgehead atoms. The van der Waals surface area contributed by atoms with Gasteiger partial charge < -0.3 is 19.0 Å². The van der Waals surface area contributed by atoms with Crippen LogP contribution in [0.1, 0.15) is 18.1 Å². The van der Waals surface area contributed by atoms with Gasteiger partial charge in [0, 0.05) is 12.0 Å². The van der Waals surface area contributed by atoms with Crippen LogP contribution < -0.4 is 0 Å². The molecule has 1 unspecified atom stereocenters. The summed E-state index contributed by atoms with van der Waals surface area (Å²) in [5.74, 6) is 0. The third-order valence-electron chi connectivity index (χ3n) is 2.03. The monoisotopic (exact) mass is 184 g/mol. The van der Waals surface area contributed by atoms with Crippen molar-refractivity contribution in [3.63, 3.8) is 0 Å². The SMILES string of the molecule is OC(CC1OCCO1)c1ccoc1. The maximum atomic E-state index is 9.65.